The minimum Gasteiger partial charge on any atom is -0.358 e. The number of nitrogens with one attached hydrogen (secondary N) is 2. The lowest BCUT2D eigenvalue weighted by Gasteiger charge is -2.34. The van der Waals surface area contributed by atoms with Crippen LogP contribution in [0.25, 0.3) is 10.9 Å². The molecule has 0 amide bonds. The van der Waals surface area contributed by atoms with Crippen molar-refractivity contribution >= 4 is 20.9 Å². The van der Waals surface area contributed by atoms with Gasteiger partial charge in [-0.2, -0.15) is 0 Å². The lowest BCUT2D eigenvalue weighted by Crippen LogP contribution is -2.43. The summed E-state index contributed by atoms with van der Waals surface area (Å²) >= 11 is 0. The fraction of sp³-hybridized carbons (Fsp3) is 0.600. The van der Waals surface area contributed by atoms with E-state index in [1.54, 1.807) is 6.07 Å². The smallest absolute Gasteiger partial charge is 0.240 e. The molecule has 5 heteroatoms. The number of benzene rings is 1. The van der Waals surface area contributed by atoms with Crippen molar-refractivity contribution in [2.24, 2.45) is 11.8 Å². The van der Waals surface area contributed by atoms with Gasteiger partial charge in [0, 0.05) is 22.6 Å². The van der Waals surface area contributed by atoms with Gasteiger partial charge in [0.05, 0.1) is 4.90 Å². The highest BCUT2D eigenvalue weighted by Crippen LogP contribution is 2.32. The van der Waals surface area contributed by atoms with Crippen LogP contribution in [0.4, 0.5) is 0 Å². The number of fused-ring (bicyclic) bond motifs is 3. The van der Waals surface area contributed by atoms with Gasteiger partial charge in [-0.15, -0.1) is 0 Å². The Morgan fingerprint density at radius 1 is 1.08 bits per heavy atom. The first kappa shape index (κ1) is 17.1. The summed E-state index contributed by atoms with van der Waals surface area (Å²) in [6, 6.07) is 5.58. The van der Waals surface area contributed by atoms with Crippen LogP contribution < -0.4 is 4.72 Å². The fourth-order valence-electron chi connectivity index (χ4n) is 4.57. The number of hydrogen-bond donors (Lipinski definition) is 2. The van der Waals surface area contributed by atoms with Crippen molar-refractivity contribution in [3.8, 4) is 0 Å². The molecule has 0 saturated heterocycles. The van der Waals surface area contributed by atoms with E-state index < -0.39 is 10.0 Å². The van der Waals surface area contributed by atoms with Crippen molar-refractivity contribution in [2.45, 2.75) is 69.7 Å². The van der Waals surface area contributed by atoms with E-state index in [9.17, 15) is 8.42 Å². The predicted octanol–water partition coefficient (Wildman–Crippen LogP) is 4.15. The standard InChI is InChI=1S/C20H28N2O2S/c1-13-6-5-9-18(14(13)2)22-25(23,24)15-10-11-20-17(12-15)16-7-3-4-8-19(16)21-20/h10-14,18,21-22H,3-9H2,1-2H3. The molecule has 2 aromatic rings. The molecule has 3 unspecified atom stereocenters. The third kappa shape index (κ3) is 3.13. The zero-order valence-electron chi connectivity index (χ0n) is 15.1. The van der Waals surface area contributed by atoms with E-state index in [1.807, 2.05) is 12.1 Å². The van der Waals surface area contributed by atoms with Gasteiger partial charge in [0.1, 0.15) is 0 Å². The molecule has 0 aliphatic heterocycles. The van der Waals surface area contributed by atoms with Crippen LogP contribution >= 0.6 is 0 Å². The number of hydrogen-bond acceptors (Lipinski definition) is 2. The SMILES string of the molecule is CC1CCCC(NS(=O)(=O)c2ccc3[nH]c4c(c3c2)CCCC4)C1C. The van der Waals surface area contributed by atoms with Crippen molar-refractivity contribution in [3.05, 3.63) is 29.5 Å². The number of aryl methyl sites for hydroxylation is 2. The Morgan fingerprint density at radius 2 is 1.88 bits per heavy atom. The van der Waals surface area contributed by atoms with E-state index >= 15 is 0 Å². The van der Waals surface area contributed by atoms with Gasteiger partial charge in [0.15, 0.2) is 0 Å². The summed E-state index contributed by atoms with van der Waals surface area (Å²) < 4.78 is 28.9. The summed E-state index contributed by atoms with van der Waals surface area (Å²) in [7, 11) is -3.48. The van der Waals surface area contributed by atoms with Crippen LogP contribution in [-0.2, 0) is 22.9 Å². The second kappa shape index (κ2) is 6.44. The molecule has 0 bridgehead atoms. The molecule has 25 heavy (non-hydrogen) atoms. The Labute approximate surface area is 150 Å². The summed E-state index contributed by atoms with van der Waals surface area (Å²) in [5, 5.41) is 1.09. The molecule has 1 saturated carbocycles. The summed E-state index contributed by atoms with van der Waals surface area (Å²) in [6.07, 6.45) is 7.75. The molecule has 0 radical (unpaired) electrons. The number of rotatable bonds is 3. The highest BCUT2D eigenvalue weighted by atomic mass is 32.2. The molecular formula is C20H28N2O2S. The van der Waals surface area contributed by atoms with Gasteiger partial charge in [0.25, 0.3) is 0 Å². The second-order valence-electron chi connectivity index (χ2n) is 7.99. The Balaban J connectivity index is 1.65. The maximum atomic E-state index is 13.0. The van der Waals surface area contributed by atoms with Crippen LogP contribution in [-0.4, -0.2) is 19.4 Å². The third-order valence-corrected chi connectivity index (χ3v) is 7.88. The van der Waals surface area contributed by atoms with Crippen molar-refractivity contribution in [1.82, 2.24) is 9.71 Å². The van der Waals surface area contributed by atoms with E-state index in [0.29, 0.717) is 16.7 Å². The summed E-state index contributed by atoms with van der Waals surface area (Å²) in [5.41, 5.74) is 3.67. The van der Waals surface area contributed by atoms with Crippen molar-refractivity contribution in [1.29, 1.82) is 0 Å². The molecule has 1 aromatic carbocycles. The average molecular weight is 361 g/mol. The quantitative estimate of drug-likeness (QED) is 0.864. The Hall–Kier alpha value is -1.33. The summed E-state index contributed by atoms with van der Waals surface area (Å²) in [6.45, 7) is 4.39. The average Bonchev–Trinajstić information content (AvgIpc) is 2.97. The van der Waals surface area contributed by atoms with Gasteiger partial charge >= 0.3 is 0 Å². The molecule has 3 atom stereocenters. The van der Waals surface area contributed by atoms with Crippen LogP contribution in [0.2, 0.25) is 0 Å². The predicted molar refractivity (Wildman–Crippen MR) is 101 cm³/mol. The number of sulfonamides is 1. The molecule has 1 fully saturated rings. The zero-order valence-corrected chi connectivity index (χ0v) is 16.0. The van der Waals surface area contributed by atoms with Crippen LogP contribution in [0.15, 0.2) is 23.1 Å². The van der Waals surface area contributed by atoms with E-state index in [1.165, 1.54) is 30.5 Å². The molecule has 2 N–H and O–H groups in total. The Bertz CT molecular complexity index is 884. The van der Waals surface area contributed by atoms with Gasteiger partial charge in [0.2, 0.25) is 10.0 Å². The Kier molecular flexibility index (Phi) is 4.40. The number of H-pyrrole nitrogens is 1. The number of aromatic amines is 1. The van der Waals surface area contributed by atoms with Crippen LogP contribution in [0.3, 0.4) is 0 Å². The largest absolute Gasteiger partial charge is 0.358 e. The van der Waals surface area contributed by atoms with Crippen LogP contribution in [0, 0.1) is 11.8 Å². The molecule has 4 nitrogen and oxygen atoms in total. The van der Waals surface area contributed by atoms with Gasteiger partial charge in [-0.05, 0) is 67.7 Å². The molecule has 0 spiro atoms. The van der Waals surface area contributed by atoms with Gasteiger partial charge in [-0.1, -0.05) is 26.7 Å². The molecule has 2 aliphatic carbocycles. The third-order valence-electron chi connectivity index (χ3n) is 6.39. The lowest BCUT2D eigenvalue weighted by atomic mass is 9.78. The molecule has 136 valence electrons. The minimum absolute atomic E-state index is 0.0459. The highest BCUT2D eigenvalue weighted by Gasteiger charge is 2.31. The van der Waals surface area contributed by atoms with Crippen LogP contribution in [0.5, 0.6) is 0 Å². The minimum atomic E-state index is -3.48. The van der Waals surface area contributed by atoms with Gasteiger partial charge in [-0.25, -0.2) is 13.1 Å². The maximum Gasteiger partial charge on any atom is 0.240 e. The molecule has 2 aliphatic rings. The van der Waals surface area contributed by atoms with Gasteiger partial charge < -0.3 is 4.98 Å². The van der Waals surface area contributed by atoms with Gasteiger partial charge in [-0.3, -0.25) is 0 Å². The second-order valence-corrected chi connectivity index (χ2v) is 9.71. The molecule has 1 aromatic heterocycles. The van der Waals surface area contributed by atoms with E-state index in [2.05, 4.69) is 23.6 Å². The first-order valence-electron chi connectivity index (χ1n) is 9.61. The highest BCUT2D eigenvalue weighted by molar-refractivity contribution is 7.89. The van der Waals surface area contributed by atoms with Crippen molar-refractivity contribution in [2.75, 3.05) is 0 Å². The molecule has 4 rings (SSSR count). The summed E-state index contributed by atoms with van der Waals surface area (Å²) in [5.74, 6) is 0.952. The van der Waals surface area contributed by atoms with E-state index in [0.717, 1.165) is 36.6 Å². The normalized spacial score (nSPS) is 27.4. The number of aromatic nitrogens is 1. The van der Waals surface area contributed by atoms with Crippen molar-refractivity contribution < 1.29 is 8.42 Å². The summed E-state index contributed by atoms with van der Waals surface area (Å²) in [4.78, 5) is 3.87. The Morgan fingerprint density at radius 3 is 2.72 bits per heavy atom. The first-order chi connectivity index (χ1) is 12.0. The lowest BCUT2D eigenvalue weighted by molar-refractivity contribution is 0.227. The zero-order chi connectivity index (χ0) is 17.6. The van der Waals surface area contributed by atoms with E-state index in [4.69, 9.17) is 0 Å². The van der Waals surface area contributed by atoms with Crippen LogP contribution in [0.1, 0.15) is 57.2 Å². The molecular weight excluding hydrogens is 332 g/mol. The molecule has 1 heterocycles. The maximum absolute atomic E-state index is 13.0. The van der Waals surface area contributed by atoms with Crippen molar-refractivity contribution in [3.63, 3.8) is 0 Å². The first-order valence-corrected chi connectivity index (χ1v) is 11.1. The fourth-order valence-corrected chi connectivity index (χ4v) is 5.96. The van der Waals surface area contributed by atoms with E-state index in [-0.39, 0.29) is 6.04 Å². The topological polar surface area (TPSA) is 62.0 Å². The monoisotopic (exact) mass is 360 g/mol.